The summed E-state index contributed by atoms with van der Waals surface area (Å²) in [6, 6.07) is 19.9. The van der Waals surface area contributed by atoms with Gasteiger partial charge in [-0.1, -0.05) is 42.5 Å². The Bertz CT molecular complexity index is 1180. The lowest BCUT2D eigenvalue weighted by molar-refractivity contribution is 0.324. The second-order valence-corrected chi connectivity index (χ2v) is 7.80. The van der Waals surface area contributed by atoms with E-state index in [4.69, 9.17) is 14.2 Å². The van der Waals surface area contributed by atoms with Crippen molar-refractivity contribution >= 4 is 33.6 Å². The zero-order chi connectivity index (χ0) is 21.1. The van der Waals surface area contributed by atoms with Gasteiger partial charge in [0, 0.05) is 15.0 Å². The largest absolute Gasteiger partial charge is 0.507 e. The summed E-state index contributed by atoms with van der Waals surface area (Å²) in [7, 11) is 4.77. The normalized spacial score (nSPS) is 11.2. The smallest absolute Gasteiger partial charge is 0.203 e. The highest BCUT2D eigenvalue weighted by Gasteiger charge is 2.12. The lowest BCUT2D eigenvalue weighted by Gasteiger charge is -2.12. The van der Waals surface area contributed by atoms with Crippen molar-refractivity contribution in [3.05, 3.63) is 71.8 Å². The van der Waals surface area contributed by atoms with Crippen molar-refractivity contribution < 1.29 is 19.3 Å². The van der Waals surface area contributed by atoms with E-state index >= 15 is 0 Å². The molecular weight excluding hydrogens is 396 g/mol. The number of ether oxygens (including phenoxy) is 3. The maximum atomic E-state index is 10.6. The maximum Gasteiger partial charge on any atom is 0.203 e. The molecular formula is C25H22O4S. The van der Waals surface area contributed by atoms with Gasteiger partial charge < -0.3 is 19.3 Å². The van der Waals surface area contributed by atoms with Crippen molar-refractivity contribution in [3.8, 4) is 33.4 Å². The molecule has 4 aromatic rings. The fraction of sp³-hybridized carbons (Fsp3) is 0.120. The van der Waals surface area contributed by atoms with Gasteiger partial charge in [0.1, 0.15) is 5.75 Å². The molecule has 4 rings (SSSR count). The maximum absolute atomic E-state index is 10.6. The van der Waals surface area contributed by atoms with Crippen molar-refractivity contribution in [1.82, 2.24) is 0 Å². The van der Waals surface area contributed by atoms with Crippen molar-refractivity contribution in [1.29, 1.82) is 0 Å². The highest BCUT2D eigenvalue weighted by molar-refractivity contribution is 7.22. The van der Waals surface area contributed by atoms with Crippen LogP contribution in [0, 0.1) is 0 Å². The molecule has 30 heavy (non-hydrogen) atoms. The number of phenols is 1. The molecule has 1 aromatic heterocycles. The van der Waals surface area contributed by atoms with Crippen LogP contribution >= 0.6 is 11.3 Å². The molecule has 4 nitrogen and oxygen atoms in total. The van der Waals surface area contributed by atoms with Gasteiger partial charge in [0.15, 0.2) is 11.5 Å². The lowest BCUT2D eigenvalue weighted by Crippen LogP contribution is -1.95. The number of hydrogen-bond donors (Lipinski definition) is 1. The van der Waals surface area contributed by atoms with Crippen molar-refractivity contribution in [2.45, 2.75) is 0 Å². The molecule has 0 bridgehead atoms. The molecule has 0 aliphatic rings. The summed E-state index contributed by atoms with van der Waals surface area (Å²) in [6.45, 7) is 0. The molecule has 0 saturated carbocycles. The van der Waals surface area contributed by atoms with Gasteiger partial charge in [-0.15, -0.1) is 11.3 Å². The van der Waals surface area contributed by atoms with E-state index in [0.717, 1.165) is 31.7 Å². The van der Waals surface area contributed by atoms with E-state index in [9.17, 15) is 5.11 Å². The molecule has 0 atom stereocenters. The third-order valence-electron chi connectivity index (χ3n) is 4.85. The van der Waals surface area contributed by atoms with Crippen LogP contribution in [0.25, 0.3) is 32.7 Å². The Balaban J connectivity index is 1.70. The highest BCUT2D eigenvalue weighted by atomic mass is 32.1. The van der Waals surface area contributed by atoms with E-state index in [1.54, 1.807) is 38.7 Å². The Hall–Kier alpha value is -3.44. The standard InChI is InChI=1S/C25H22O4S/c1-27-21-12-17(13-22(28-2)25(21)29-3)10-9-16-11-20(26)19-15-23(30-24(19)14-16)18-7-5-4-6-8-18/h4-15,26H,1-3H3/b10-9-. The van der Waals surface area contributed by atoms with Crippen LogP contribution in [-0.2, 0) is 0 Å². The van der Waals surface area contributed by atoms with Crippen LogP contribution in [-0.4, -0.2) is 26.4 Å². The minimum atomic E-state index is 0.274. The number of aromatic hydroxyl groups is 1. The molecule has 0 radical (unpaired) electrons. The summed E-state index contributed by atoms with van der Waals surface area (Å²) in [5, 5.41) is 11.4. The minimum Gasteiger partial charge on any atom is -0.507 e. The molecule has 0 aliphatic heterocycles. The van der Waals surface area contributed by atoms with E-state index in [0.29, 0.717) is 17.2 Å². The Kier molecular flexibility index (Phi) is 5.63. The minimum absolute atomic E-state index is 0.274. The predicted octanol–water partition coefficient (Wildman–Crippen LogP) is 6.47. The summed E-state index contributed by atoms with van der Waals surface area (Å²) in [4.78, 5) is 1.13. The van der Waals surface area contributed by atoms with E-state index in [1.807, 2.05) is 48.6 Å². The van der Waals surface area contributed by atoms with Gasteiger partial charge >= 0.3 is 0 Å². The Morgan fingerprint density at radius 1 is 0.767 bits per heavy atom. The topological polar surface area (TPSA) is 47.9 Å². The van der Waals surface area contributed by atoms with Gasteiger partial charge in [-0.25, -0.2) is 0 Å². The number of thiophene rings is 1. The van der Waals surface area contributed by atoms with Crippen LogP contribution in [0.5, 0.6) is 23.0 Å². The van der Waals surface area contributed by atoms with E-state index in [2.05, 4.69) is 18.2 Å². The van der Waals surface area contributed by atoms with Gasteiger partial charge in [0.2, 0.25) is 5.75 Å². The zero-order valence-corrected chi connectivity index (χ0v) is 17.8. The first-order chi connectivity index (χ1) is 14.6. The van der Waals surface area contributed by atoms with Crippen molar-refractivity contribution in [3.63, 3.8) is 0 Å². The lowest BCUT2D eigenvalue weighted by atomic mass is 10.1. The summed E-state index contributed by atoms with van der Waals surface area (Å²) in [5.41, 5.74) is 2.96. The quantitative estimate of drug-likeness (QED) is 0.365. The zero-order valence-electron chi connectivity index (χ0n) is 17.0. The molecule has 5 heteroatoms. The van der Waals surface area contributed by atoms with Crippen LogP contribution in [0.3, 0.4) is 0 Å². The monoisotopic (exact) mass is 418 g/mol. The van der Waals surface area contributed by atoms with Gasteiger partial charge in [0.05, 0.1) is 21.3 Å². The van der Waals surface area contributed by atoms with Crippen LogP contribution in [0.4, 0.5) is 0 Å². The molecule has 3 aromatic carbocycles. The van der Waals surface area contributed by atoms with Gasteiger partial charge in [-0.05, 0) is 47.0 Å². The first kappa shape index (κ1) is 19.9. The first-order valence-corrected chi connectivity index (χ1v) is 10.2. The molecule has 0 amide bonds. The summed E-state index contributed by atoms with van der Waals surface area (Å²) >= 11 is 1.67. The van der Waals surface area contributed by atoms with Gasteiger partial charge in [-0.2, -0.15) is 0 Å². The van der Waals surface area contributed by atoms with Crippen LogP contribution < -0.4 is 14.2 Å². The molecule has 0 spiro atoms. The summed E-state index contributed by atoms with van der Waals surface area (Å²) in [5.74, 6) is 2.03. The number of hydrogen-bond acceptors (Lipinski definition) is 5. The number of phenolic OH excluding ortho intramolecular Hbond substituents is 1. The van der Waals surface area contributed by atoms with Gasteiger partial charge in [-0.3, -0.25) is 0 Å². The number of methoxy groups -OCH3 is 3. The first-order valence-electron chi connectivity index (χ1n) is 9.43. The second kappa shape index (κ2) is 8.51. The van der Waals surface area contributed by atoms with E-state index < -0.39 is 0 Å². The molecule has 0 saturated heterocycles. The predicted molar refractivity (Wildman–Crippen MR) is 124 cm³/mol. The summed E-state index contributed by atoms with van der Waals surface area (Å²) < 4.78 is 17.2. The third kappa shape index (κ3) is 3.84. The average molecular weight is 419 g/mol. The highest BCUT2D eigenvalue weighted by Crippen LogP contribution is 2.40. The Morgan fingerprint density at radius 3 is 2.00 bits per heavy atom. The summed E-state index contributed by atoms with van der Waals surface area (Å²) in [6.07, 6.45) is 3.92. The molecule has 0 fully saturated rings. The fourth-order valence-corrected chi connectivity index (χ4v) is 4.51. The fourth-order valence-electron chi connectivity index (χ4n) is 3.37. The van der Waals surface area contributed by atoms with Crippen LogP contribution in [0.1, 0.15) is 11.1 Å². The Labute approximate surface area is 179 Å². The van der Waals surface area contributed by atoms with Crippen LogP contribution in [0.2, 0.25) is 0 Å². The van der Waals surface area contributed by atoms with E-state index in [1.165, 1.54) is 0 Å². The Morgan fingerprint density at radius 2 is 1.40 bits per heavy atom. The second-order valence-electron chi connectivity index (χ2n) is 6.72. The number of benzene rings is 3. The third-order valence-corrected chi connectivity index (χ3v) is 5.98. The molecule has 0 aliphatic carbocycles. The van der Waals surface area contributed by atoms with Gasteiger partial charge in [0.25, 0.3) is 0 Å². The van der Waals surface area contributed by atoms with Crippen LogP contribution in [0.15, 0.2) is 60.7 Å². The molecule has 1 heterocycles. The molecule has 1 N–H and O–H groups in total. The van der Waals surface area contributed by atoms with Crippen molar-refractivity contribution in [2.75, 3.05) is 21.3 Å². The molecule has 0 unspecified atom stereocenters. The average Bonchev–Trinajstić information content (AvgIpc) is 3.22. The molecule has 152 valence electrons. The van der Waals surface area contributed by atoms with Crippen molar-refractivity contribution in [2.24, 2.45) is 0 Å². The number of rotatable bonds is 6. The SMILES string of the molecule is COc1cc(/C=C\c2cc(O)c3cc(-c4ccccc4)sc3c2)cc(OC)c1OC. The number of fused-ring (bicyclic) bond motifs is 1. The van der Waals surface area contributed by atoms with E-state index in [-0.39, 0.29) is 5.75 Å².